The van der Waals surface area contributed by atoms with Crippen molar-refractivity contribution in [3.63, 3.8) is 0 Å². The summed E-state index contributed by atoms with van der Waals surface area (Å²) in [6, 6.07) is 7.59. The van der Waals surface area contributed by atoms with E-state index in [1.165, 1.54) is 32.8 Å². The van der Waals surface area contributed by atoms with Crippen molar-refractivity contribution in [1.29, 1.82) is 0 Å². The first-order chi connectivity index (χ1) is 10.3. The van der Waals surface area contributed by atoms with Crippen LogP contribution in [0.15, 0.2) is 35.4 Å². The number of carbonyl (C=O) groups is 1. The van der Waals surface area contributed by atoms with E-state index in [0.717, 1.165) is 21.6 Å². The van der Waals surface area contributed by atoms with E-state index < -0.39 is 0 Å². The molecule has 21 heavy (non-hydrogen) atoms. The Morgan fingerprint density at radius 2 is 2.10 bits per heavy atom. The first-order valence-corrected chi connectivity index (χ1v) is 8.35. The van der Waals surface area contributed by atoms with Crippen LogP contribution in [0.5, 0.6) is 0 Å². The Morgan fingerprint density at radius 1 is 1.24 bits per heavy atom. The van der Waals surface area contributed by atoms with E-state index >= 15 is 0 Å². The van der Waals surface area contributed by atoms with Crippen molar-refractivity contribution in [2.75, 3.05) is 12.9 Å². The van der Waals surface area contributed by atoms with E-state index in [1.54, 1.807) is 6.20 Å². The first-order valence-electron chi connectivity index (χ1n) is 7.36. The van der Waals surface area contributed by atoms with Crippen LogP contribution in [-0.4, -0.2) is 23.8 Å². The summed E-state index contributed by atoms with van der Waals surface area (Å²) in [7, 11) is 1.40. The van der Waals surface area contributed by atoms with E-state index in [-0.39, 0.29) is 5.97 Å². The fourth-order valence-electron chi connectivity index (χ4n) is 2.26. The number of pyridine rings is 1. The van der Waals surface area contributed by atoms with E-state index in [0.29, 0.717) is 5.56 Å². The standard InChI is InChI=1S/C17H21NO2S/c1-3-4-5-6-12-21-15-10-9-14(17(19)20-2)13-8-7-11-18-16(13)15/h7-11H,3-6,12H2,1-2H3. The molecule has 0 fully saturated rings. The van der Waals surface area contributed by atoms with E-state index in [1.807, 2.05) is 36.0 Å². The zero-order valence-electron chi connectivity index (χ0n) is 12.6. The number of thioether (sulfide) groups is 1. The minimum atomic E-state index is -0.313. The molecule has 0 saturated carbocycles. The lowest BCUT2D eigenvalue weighted by atomic mass is 10.1. The van der Waals surface area contributed by atoms with Crippen LogP contribution in [0.2, 0.25) is 0 Å². The third-order valence-corrected chi connectivity index (χ3v) is 4.53. The predicted molar refractivity (Wildman–Crippen MR) is 87.9 cm³/mol. The number of hydrogen-bond acceptors (Lipinski definition) is 4. The van der Waals surface area contributed by atoms with Crippen molar-refractivity contribution in [3.05, 3.63) is 36.0 Å². The summed E-state index contributed by atoms with van der Waals surface area (Å²) in [6.07, 6.45) is 6.80. The number of rotatable bonds is 7. The van der Waals surface area contributed by atoms with Crippen LogP contribution < -0.4 is 0 Å². The Hall–Kier alpha value is -1.55. The monoisotopic (exact) mass is 303 g/mol. The molecule has 3 nitrogen and oxygen atoms in total. The molecule has 1 aromatic carbocycles. The van der Waals surface area contributed by atoms with Crippen LogP contribution in [0.4, 0.5) is 0 Å². The van der Waals surface area contributed by atoms with Gasteiger partial charge >= 0.3 is 5.97 Å². The summed E-state index contributed by atoms with van der Waals surface area (Å²) in [6.45, 7) is 2.22. The maximum Gasteiger partial charge on any atom is 0.338 e. The molecule has 0 bridgehead atoms. The van der Waals surface area contributed by atoms with Gasteiger partial charge in [0, 0.05) is 16.5 Å². The highest BCUT2D eigenvalue weighted by molar-refractivity contribution is 7.99. The van der Waals surface area contributed by atoms with Crippen LogP contribution in [0.25, 0.3) is 10.9 Å². The lowest BCUT2D eigenvalue weighted by molar-refractivity contribution is 0.0603. The minimum Gasteiger partial charge on any atom is -0.465 e. The third-order valence-electron chi connectivity index (χ3n) is 3.39. The molecule has 0 aliphatic rings. The molecule has 0 radical (unpaired) electrons. The summed E-state index contributed by atoms with van der Waals surface area (Å²) >= 11 is 1.81. The zero-order valence-corrected chi connectivity index (χ0v) is 13.4. The summed E-state index contributed by atoms with van der Waals surface area (Å²) in [5.74, 6) is 0.774. The highest BCUT2D eigenvalue weighted by Gasteiger charge is 2.13. The van der Waals surface area contributed by atoms with Gasteiger partial charge in [0.1, 0.15) is 0 Å². The minimum absolute atomic E-state index is 0.313. The average molecular weight is 303 g/mol. The molecular weight excluding hydrogens is 282 g/mol. The number of fused-ring (bicyclic) bond motifs is 1. The Labute approximate surface area is 130 Å². The Balaban J connectivity index is 2.20. The van der Waals surface area contributed by atoms with Gasteiger partial charge in [-0.3, -0.25) is 4.98 Å². The van der Waals surface area contributed by atoms with Crippen molar-refractivity contribution in [3.8, 4) is 0 Å². The molecule has 2 rings (SSSR count). The second kappa shape index (κ2) is 8.03. The van der Waals surface area contributed by atoms with Gasteiger partial charge in [-0.15, -0.1) is 11.8 Å². The van der Waals surface area contributed by atoms with Gasteiger partial charge in [-0.2, -0.15) is 0 Å². The second-order valence-corrected chi connectivity index (χ2v) is 6.05. The van der Waals surface area contributed by atoms with Crippen LogP contribution >= 0.6 is 11.8 Å². The summed E-state index contributed by atoms with van der Waals surface area (Å²) in [5, 5.41) is 0.864. The molecule has 0 spiro atoms. The number of methoxy groups -OCH3 is 1. The van der Waals surface area contributed by atoms with Gasteiger partial charge in [0.25, 0.3) is 0 Å². The molecule has 0 aliphatic heterocycles. The predicted octanol–water partition coefficient (Wildman–Crippen LogP) is 4.69. The number of hydrogen-bond donors (Lipinski definition) is 0. The molecule has 1 aromatic heterocycles. The van der Waals surface area contributed by atoms with Crippen molar-refractivity contribution >= 4 is 28.6 Å². The smallest absolute Gasteiger partial charge is 0.338 e. The van der Waals surface area contributed by atoms with Gasteiger partial charge in [0.2, 0.25) is 0 Å². The Morgan fingerprint density at radius 3 is 2.86 bits per heavy atom. The fourth-order valence-corrected chi connectivity index (χ4v) is 3.29. The Kier molecular flexibility index (Phi) is 6.05. The van der Waals surface area contributed by atoms with E-state index in [2.05, 4.69) is 11.9 Å². The molecule has 0 saturated heterocycles. The van der Waals surface area contributed by atoms with Crippen LogP contribution in [-0.2, 0) is 4.74 Å². The van der Waals surface area contributed by atoms with Crippen molar-refractivity contribution < 1.29 is 9.53 Å². The highest BCUT2D eigenvalue weighted by atomic mass is 32.2. The van der Waals surface area contributed by atoms with Crippen molar-refractivity contribution in [2.24, 2.45) is 0 Å². The number of carbonyl (C=O) groups excluding carboxylic acids is 1. The molecule has 0 N–H and O–H groups in total. The van der Waals surface area contributed by atoms with Crippen LogP contribution in [0.3, 0.4) is 0 Å². The lowest BCUT2D eigenvalue weighted by Crippen LogP contribution is -2.02. The number of nitrogens with zero attached hydrogens (tertiary/aromatic N) is 1. The van der Waals surface area contributed by atoms with Gasteiger partial charge in [0.15, 0.2) is 0 Å². The molecule has 2 aromatic rings. The van der Waals surface area contributed by atoms with Gasteiger partial charge < -0.3 is 4.74 Å². The summed E-state index contributed by atoms with van der Waals surface area (Å²) in [5.41, 5.74) is 1.47. The average Bonchev–Trinajstić information content (AvgIpc) is 2.54. The maximum atomic E-state index is 11.8. The lowest BCUT2D eigenvalue weighted by Gasteiger charge is -2.09. The molecule has 0 unspecified atom stereocenters. The van der Waals surface area contributed by atoms with Crippen LogP contribution in [0, 0.1) is 0 Å². The maximum absolute atomic E-state index is 11.8. The number of unbranched alkanes of at least 4 members (excludes halogenated alkanes) is 3. The van der Waals surface area contributed by atoms with Gasteiger partial charge in [-0.1, -0.05) is 32.3 Å². The largest absolute Gasteiger partial charge is 0.465 e. The molecule has 0 atom stereocenters. The third kappa shape index (κ3) is 3.97. The second-order valence-electron chi connectivity index (χ2n) is 4.91. The van der Waals surface area contributed by atoms with Gasteiger partial charge in [-0.05, 0) is 30.4 Å². The summed E-state index contributed by atoms with van der Waals surface area (Å²) in [4.78, 5) is 17.4. The topological polar surface area (TPSA) is 39.2 Å². The molecule has 1 heterocycles. The highest BCUT2D eigenvalue weighted by Crippen LogP contribution is 2.29. The van der Waals surface area contributed by atoms with E-state index in [4.69, 9.17) is 4.74 Å². The van der Waals surface area contributed by atoms with Crippen molar-refractivity contribution in [1.82, 2.24) is 4.98 Å². The molecular formula is C17H21NO2S. The number of esters is 1. The number of ether oxygens (including phenoxy) is 1. The van der Waals surface area contributed by atoms with Gasteiger partial charge in [0.05, 0.1) is 18.2 Å². The molecule has 0 aliphatic carbocycles. The number of benzene rings is 1. The van der Waals surface area contributed by atoms with Gasteiger partial charge in [-0.25, -0.2) is 4.79 Å². The zero-order chi connectivity index (χ0) is 15.1. The Bertz CT molecular complexity index is 613. The van der Waals surface area contributed by atoms with Crippen molar-refractivity contribution in [2.45, 2.75) is 37.5 Å². The number of aromatic nitrogens is 1. The summed E-state index contributed by atoms with van der Waals surface area (Å²) < 4.78 is 4.84. The van der Waals surface area contributed by atoms with Crippen LogP contribution in [0.1, 0.15) is 43.0 Å². The molecule has 0 amide bonds. The molecule has 112 valence electrons. The molecule has 4 heteroatoms. The normalized spacial score (nSPS) is 10.8. The SMILES string of the molecule is CCCCCCSc1ccc(C(=O)OC)c2cccnc12. The van der Waals surface area contributed by atoms with E-state index in [9.17, 15) is 4.79 Å². The fraction of sp³-hybridized carbons (Fsp3) is 0.412. The first kappa shape index (κ1) is 15.8. The quantitative estimate of drug-likeness (QED) is 0.422.